The van der Waals surface area contributed by atoms with Crippen molar-refractivity contribution in [3.05, 3.63) is 24.3 Å². The molecule has 0 N–H and O–H groups in total. The molecule has 3 rings (SSSR count). The van der Waals surface area contributed by atoms with Gasteiger partial charge >= 0.3 is 7.12 Å². The van der Waals surface area contributed by atoms with Gasteiger partial charge in [-0.3, -0.25) is 0 Å². The van der Waals surface area contributed by atoms with E-state index in [1.807, 2.05) is 46.1 Å². The maximum absolute atomic E-state index is 14.6. The van der Waals surface area contributed by atoms with Crippen LogP contribution in [-0.2, 0) is 9.31 Å². The molecule has 0 saturated carbocycles. The molecule has 1 saturated heterocycles. The highest BCUT2D eigenvalue weighted by Gasteiger charge is 2.52. The molecule has 1 aliphatic heterocycles. The van der Waals surface area contributed by atoms with E-state index in [-0.39, 0.29) is 11.9 Å². The molecular formula is C16H22BFN2O2. The molecule has 1 fully saturated rings. The standard InChI is InChI=1S/C16H22BFN2O2/c1-10(2)20-9-19-13-7-11(12(18)8-14(13)20)17-21-15(3,4)16(5,6)22-17/h7-10H,1-6H3. The van der Waals surface area contributed by atoms with Gasteiger partial charge in [-0.05, 0) is 53.7 Å². The quantitative estimate of drug-likeness (QED) is 0.800. The van der Waals surface area contributed by atoms with Gasteiger partial charge in [0.1, 0.15) is 5.82 Å². The molecule has 2 heterocycles. The fourth-order valence-corrected chi connectivity index (χ4v) is 2.63. The van der Waals surface area contributed by atoms with Crippen molar-refractivity contribution in [1.29, 1.82) is 0 Å². The molecule has 0 amide bonds. The van der Waals surface area contributed by atoms with Gasteiger partial charge in [0.2, 0.25) is 0 Å². The summed E-state index contributed by atoms with van der Waals surface area (Å²) in [5.74, 6) is -0.326. The van der Waals surface area contributed by atoms with Gasteiger partial charge in [-0.2, -0.15) is 0 Å². The van der Waals surface area contributed by atoms with E-state index in [1.54, 1.807) is 12.4 Å². The average molecular weight is 304 g/mol. The number of imidazole rings is 1. The van der Waals surface area contributed by atoms with Gasteiger partial charge in [0.05, 0.1) is 28.6 Å². The molecule has 0 radical (unpaired) electrons. The Balaban J connectivity index is 2.05. The van der Waals surface area contributed by atoms with Gasteiger partial charge in [0.15, 0.2) is 0 Å². The lowest BCUT2D eigenvalue weighted by molar-refractivity contribution is 0.00578. The maximum Gasteiger partial charge on any atom is 0.497 e. The Hall–Kier alpha value is -1.40. The monoisotopic (exact) mass is 304 g/mol. The van der Waals surface area contributed by atoms with Crippen LogP contribution in [0.4, 0.5) is 4.39 Å². The minimum atomic E-state index is -0.710. The Kier molecular flexibility index (Phi) is 3.38. The van der Waals surface area contributed by atoms with Crippen LogP contribution in [-0.4, -0.2) is 27.9 Å². The first-order valence-corrected chi connectivity index (χ1v) is 7.64. The Morgan fingerprint density at radius 3 is 2.27 bits per heavy atom. The van der Waals surface area contributed by atoms with Gasteiger partial charge in [0, 0.05) is 11.5 Å². The Morgan fingerprint density at radius 2 is 1.73 bits per heavy atom. The van der Waals surface area contributed by atoms with Crippen LogP contribution in [0.3, 0.4) is 0 Å². The first-order valence-electron chi connectivity index (χ1n) is 7.64. The van der Waals surface area contributed by atoms with Crippen molar-refractivity contribution < 1.29 is 13.7 Å². The summed E-state index contributed by atoms with van der Waals surface area (Å²) in [6, 6.07) is 3.47. The number of fused-ring (bicyclic) bond motifs is 1. The van der Waals surface area contributed by atoms with Gasteiger partial charge in [0.25, 0.3) is 0 Å². The third kappa shape index (κ3) is 2.25. The molecule has 1 aromatic carbocycles. The Labute approximate surface area is 130 Å². The number of hydrogen-bond acceptors (Lipinski definition) is 3. The molecular weight excluding hydrogens is 282 g/mol. The third-order valence-electron chi connectivity index (χ3n) is 4.76. The first-order chi connectivity index (χ1) is 10.1. The van der Waals surface area contributed by atoms with Gasteiger partial charge in [-0.25, -0.2) is 9.37 Å². The summed E-state index contributed by atoms with van der Waals surface area (Å²) in [5.41, 5.74) is 0.958. The van der Waals surface area contributed by atoms with E-state index >= 15 is 0 Å². The van der Waals surface area contributed by atoms with Crippen molar-refractivity contribution in [3.8, 4) is 0 Å². The number of aromatic nitrogens is 2. The zero-order valence-corrected chi connectivity index (χ0v) is 14.0. The van der Waals surface area contributed by atoms with Crippen LogP contribution < -0.4 is 5.46 Å². The molecule has 2 aromatic rings. The van der Waals surface area contributed by atoms with Crippen molar-refractivity contribution in [2.24, 2.45) is 0 Å². The van der Waals surface area contributed by atoms with E-state index in [2.05, 4.69) is 4.98 Å². The van der Waals surface area contributed by atoms with E-state index in [0.29, 0.717) is 5.46 Å². The predicted molar refractivity (Wildman–Crippen MR) is 85.8 cm³/mol. The van der Waals surface area contributed by atoms with Crippen LogP contribution in [0.2, 0.25) is 0 Å². The molecule has 1 aliphatic rings. The smallest absolute Gasteiger partial charge is 0.399 e. The highest BCUT2D eigenvalue weighted by molar-refractivity contribution is 6.62. The predicted octanol–water partition coefficient (Wildman–Crippen LogP) is 3.06. The minimum Gasteiger partial charge on any atom is -0.399 e. The summed E-state index contributed by atoms with van der Waals surface area (Å²) >= 11 is 0. The van der Waals surface area contributed by atoms with Crippen LogP contribution in [0.25, 0.3) is 11.0 Å². The Bertz CT molecular complexity index is 708. The highest BCUT2D eigenvalue weighted by atomic mass is 19.1. The van der Waals surface area contributed by atoms with Crippen LogP contribution in [0.1, 0.15) is 47.6 Å². The lowest BCUT2D eigenvalue weighted by Gasteiger charge is -2.32. The van der Waals surface area contributed by atoms with Crippen molar-refractivity contribution in [2.45, 2.75) is 58.8 Å². The summed E-state index contributed by atoms with van der Waals surface area (Å²) in [6.07, 6.45) is 1.74. The van der Waals surface area contributed by atoms with Crippen LogP contribution in [0.15, 0.2) is 18.5 Å². The normalized spacial score (nSPS) is 20.3. The van der Waals surface area contributed by atoms with Gasteiger partial charge in [-0.1, -0.05) is 0 Å². The van der Waals surface area contributed by atoms with Crippen LogP contribution >= 0.6 is 0 Å². The molecule has 22 heavy (non-hydrogen) atoms. The fourth-order valence-electron chi connectivity index (χ4n) is 2.63. The molecule has 6 heteroatoms. The fraction of sp³-hybridized carbons (Fsp3) is 0.562. The van der Waals surface area contributed by atoms with Crippen molar-refractivity contribution in [1.82, 2.24) is 9.55 Å². The van der Waals surface area contributed by atoms with Gasteiger partial charge < -0.3 is 13.9 Å². The number of hydrogen-bond donors (Lipinski definition) is 0. The molecule has 0 aliphatic carbocycles. The number of rotatable bonds is 2. The molecule has 0 unspecified atom stereocenters. The lowest BCUT2D eigenvalue weighted by atomic mass is 9.78. The zero-order chi connectivity index (χ0) is 16.3. The van der Waals surface area contributed by atoms with E-state index in [9.17, 15) is 4.39 Å². The van der Waals surface area contributed by atoms with E-state index < -0.39 is 18.3 Å². The summed E-state index contributed by atoms with van der Waals surface area (Å²) in [7, 11) is -0.710. The second kappa shape index (κ2) is 4.80. The summed E-state index contributed by atoms with van der Waals surface area (Å²) in [5, 5.41) is 0. The van der Waals surface area contributed by atoms with Gasteiger partial charge in [-0.15, -0.1) is 0 Å². The SMILES string of the molecule is CC(C)n1cnc2cc(B3OC(C)(C)C(C)(C)O3)c(F)cc21. The van der Waals surface area contributed by atoms with Crippen molar-refractivity contribution in [2.75, 3.05) is 0 Å². The second-order valence-corrected chi connectivity index (χ2v) is 7.20. The summed E-state index contributed by atoms with van der Waals surface area (Å²) < 4.78 is 28.4. The molecule has 118 valence electrons. The van der Waals surface area contributed by atoms with E-state index in [0.717, 1.165) is 11.0 Å². The topological polar surface area (TPSA) is 36.3 Å². The average Bonchev–Trinajstić information content (AvgIpc) is 2.87. The van der Waals surface area contributed by atoms with Crippen molar-refractivity contribution >= 4 is 23.6 Å². The van der Waals surface area contributed by atoms with Crippen LogP contribution in [0, 0.1) is 5.82 Å². The molecule has 0 spiro atoms. The van der Waals surface area contributed by atoms with E-state index in [4.69, 9.17) is 9.31 Å². The van der Waals surface area contributed by atoms with Crippen LogP contribution in [0.5, 0.6) is 0 Å². The molecule has 4 nitrogen and oxygen atoms in total. The minimum absolute atomic E-state index is 0.229. The Morgan fingerprint density at radius 1 is 1.14 bits per heavy atom. The second-order valence-electron chi connectivity index (χ2n) is 7.20. The molecule has 0 atom stereocenters. The summed E-state index contributed by atoms with van der Waals surface area (Å²) in [6.45, 7) is 11.9. The maximum atomic E-state index is 14.6. The lowest BCUT2D eigenvalue weighted by Crippen LogP contribution is -2.41. The number of nitrogens with zero attached hydrogens (tertiary/aromatic N) is 2. The largest absolute Gasteiger partial charge is 0.497 e. The molecule has 0 bridgehead atoms. The summed E-state index contributed by atoms with van der Waals surface area (Å²) in [4.78, 5) is 4.37. The number of benzene rings is 1. The molecule has 1 aromatic heterocycles. The third-order valence-corrected chi connectivity index (χ3v) is 4.76. The first kappa shape index (κ1) is 15.5. The zero-order valence-electron chi connectivity index (χ0n) is 14.0. The highest BCUT2D eigenvalue weighted by Crippen LogP contribution is 2.36. The van der Waals surface area contributed by atoms with E-state index in [1.165, 1.54) is 6.07 Å². The van der Waals surface area contributed by atoms with Crippen molar-refractivity contribution in [3.63, 3.8) is 0 Å². The number of halogens is 1.